The molecule has 5 heteroatoms. The molecule has 2 rings (SSSR count). The Labute approximate surface area is 123 Å². The van der Waals surface area contributed by atoms with Crippen LogP contribution in [0.5, 0.6) is 5.75 Å². The van der Waals surface area contributed by atoms with Crippen LogP contribution >= 0.6 is 0 Å². The Balaban J connectivity index is 2.29. The maximum atomic E-state index is 11.0. The van der Waals surface area contributed by atoms with Crippen LogP contribution in [-0.4, -0.2) is 12.0 Å². The Morgan fingerprint density at radius 1 is 1.24 bits per heavy atom. The average molecular weight is 286 g/mol. The van der Waals surface area contributed by atoms with Crippen LogP contribution in [0.2, 0.25) is 0 Å². The third kappa shape index (κ3) is 3.72. The van der Waals surface area contributed by atoms with Gasteiger partial charge in [-0.25, -0.2) is 0 Å². The number of nitro groups is 1. The predicted octanol–water partition coefficient (Wildman–Crippen LogP) is 4.17. The van der Waals surface area contributed by atoms with Gasteiger partial charge in [-0.05, 0) is 12.0 Å². The number of rotatable bonds is 6. The molecule has 0 spiro atoms. The normalized spacial score (nSPS) is 11.7. The predicted molar refractivity (Wildman–Crippen MR) is 82.7 cm³/mol. The number of methoxy groups -OCH3 is 1. The van der Waals surface area contributed by atoms with E-state index < -0.39 is 4.92 Å². The van der Waals surface area contributed by atoms with E-state index in [4.69, 9.17) is 4.74 Å². The zero-order valence-corrected chi connectivity index (χ0v) is 12.1. The van der Waals surface area contributed by atoms with Crippen molar-refractivity contribution >= 4 is 11.4 Å². The standard InChI is InChI=1S/C16H18N2O3/c1-3-16(12-7-5-4-6-8-12)17-13-9-14(18(19)20)11-15(10-13)21-2/h4-11,16-17H,3H2,1-2H3. The third-order valence-corrected chi connectivity index (χ3v) is 3.29. The first-order valence-electron chi connectivity index (χ1n) is 6.79. The molecule has 0 aliphatic rings. The molecule has 110 valence electrons. The van der Waals surface area contributed by atoms with Gasteiger partial charge in [-0.2, -0.15) is 0 Å². The van der Waals surface area contributed by atoms with Crippen molar-refractivity contribution in [1.82, 2.24) is 0 Å². The summed E-state index contributed by atoms with van der Waals surface area (Å²) in [5.74, 6) is 0.467. The molecule has 0 bridgehead atoms. The Morgan fingerprint density at radius 3 is 2.52 bits per heavy atom. The molecule has 2 aromatic rings. The molecule has 0 saturated heterocycles. The minimum absolute atomic E-state index is 0.0137. The van der Waals surface area contributed by atoms with Crippen molar-refractivity contribution < 1.29 is 9.66 Å². The van der Waals surface area contributed by atoms with Crippen molar-refractivity contribution in [1.29, 1.82) is 0 Å². The lowest BCUT2D eigenvalue weighted by molar-refractivity contribution is -0.384. The molecule has 1 N–H and O–H groups in total. The highest BCUT2D eigenvalue weighted by atomic mass is 16.6. The number of nitrogens with one attached hydrogen (secondary N) is 1. The van der Waals surface area contributed by atoms with Crippen molar-refractivity contribution in [3.05, 3.63) is 64.2 Å². The van der Waals surface area contributed by atoms with Gasteiger partial charge in [0, 0.05) is 17.8 Å². The lowest BCUT2D eigenvalue weighted by atomic mass is 10.0. The number of benzene rings is 2. The number of non-ortho nitro benzene ring substituents is 1. The highest BCUT2D eigenvalue weighted by Gasteiger charge is 2.13. The van der Waals surface area contributed by atoms with Crippen molar-refractivity contribution in [2.45, 2.75) is 19.4 Å². The first-order valence-corrected chi connectivity index (χ1v) is 6.79. The quantitative estimate of drug-likeness (QED) is 0.639. The molecular weight excluding hydrogens is 268 g/mol. The second-order valence-electron chi connectivity index (χ2n) is 4.69. The summed E-state index contributed by atoms with van der Waals surface area (Å²) in [5.41, 5.74) is 1.84. The molecule has 0 aliphatic carbocycles. The highest BCUT2D eigenvalue weighted by Crippen LogP contribution is 2.29. The molecule has 0 amide bonds. The molecule has 0 radical (unpaired) electrons. The van der Waals surface area contributed by atoms with Gasteiger partial charge in [-0.15, -0.1) is 0 Å². The minimum atomic E-state index is -0.419. The summed E-state index contributed by atoms with van der Waals surface area (Å²) < 4.78 is 5.12. The lowest BCUT2D eigenvalue weighted by Gasteiger charge is -2.19. The molecular formula is C16H18N2O3. The van der Waals surface area contributed by atoms with E-state index in [0.29, 0.717) is 11.4 Å². The number of anilines is 1. The number of hydrogen-bond donors (Lipinski definition) is 1. The van der Waals surface area contributed by atoms with Crippen molar-refractivity contribution in [3.63, 3.8) is 0 Å². The summed E-state index contributed by atoms with van der Waals surface area (Å²) in [7, 11) is 1.50. The van der Waals surface area contributed by atoms with E-state index in [1.807, 2.05) is 30.3 Å². The van der Waals surface area contributed by atoms with Gasteiger partial charge < -0.3 is 10.1 Å². The van der Waals surface area contributed by atoms with E-state index in [-0.39, 0.29) is 11.7 Å². The van der Waals surface area contributed by atoms with E-state index in [1.54, 1.807) is 6.07 Å². The first kappa shape index (κ1) is 14.8. The summed E-state index contributed by atoms with van der Waals surface area (Å²) in [5, 5.41) is 14.3. The van der Waals surface area contributed by atoms with Crippen LogP contribution in [0.25, 0.3) is 0 Å². The van der Waals surface area contributed by atoms with Gasteiger partial charge in [-0.3, -0.25) is 10.1 Å². The van der Waals surface area contributed by atoms with Gasteiger partial charge in [0.05, 0.1) is 24.1 Å². The van der Waals surface area contributed by atoms with Gasteiger partial charge in [-0.1, -0.05) is 37.3 Å². The maximum Gasteiger partial charge on any atom is 0.275 e. The van der Waals surface area contributed by atoms with Gasteiger partial charge in [0.1, 0.15) is 5.75 Å². The van der Waals surface area contributed by atoms with Crippen LogP contribution in [0, 0.1) is 10.1 Å². The number of nitro benzene ring substituents is 1. The monoisotopic (exact) mass is 286 g/mol. The molecule has 0 heterocycles. The fourth-order valence-electron chi connectivity index (χ4n) is 2.20. The Kier molecular flexibility index (Phi) is 4.77. The van der Waals surface area contributed by atoms with Gasteiger partial charge in [0.15, 0.2) is 0 Å². The van der Waals surface area contributed by atoms with Crippen LogP contribution in [0.1, 0.15) is 24.9 Å². The summed E-state index contributed by atoms with van der Waals surface area (Å²) in [6.45, 7) is 2.07. The molecule has 2 aromatic carbocycles. The molecule has 21 heavy (non-hydrogen) atoms. The Hall–Kier alpha value is -2.56. The van der Waals surface area contributed by atoms with Gasteiger partial charge in [0.2, 0.25) is 0 Å². The Morgan fingerprint density at radius 2 is 1.95 bits per heavy atom. The van der Waals surface area contributed by atoms with Crippen LogP contribution in [0.3, 0.4) is 0 Å². The molecule has 0 aromatic heterocycles. The van der Waals surface area contributed by atoms with Crippen LogP contribution in [0.15, 0.2) is 48.5 Å². The molecule has 0 aliphatic heterocycles. The van der Waals surface area contributed by atoms with Crippen molar-refractivity contribution in [2.24, 2.45) is 0 Å². The second-order valence-corrected chi connectivity index (χ2v) is 4.69. The topological polar surface area (TPSA) is 64.4 Å². The zero-order chi connectivity index (χ0) is 15.2. The summed E-state index contributed by atoms with van der Waals surface area (Å²) >= 11 is 0. The Bertz CT molecular complexity index is 614. The summed E-state index contributed by atoms with van der Waals surface area (Å²) in [6.07, 6.45) is 0.870. The average Bonchev–Trinajstić information content (AvgIpc) is 2.53. The SMILES string of the molecule is CCC(Nc1cc(OC)cc([N+](=O)[O-])c1)c1ccccc1. The summed E-state index contributed by atoms with van der Waals surface area (Å²) in [4.78, 5) is 10.5. The number of nitrogens with zero attached hydrogens (tertiary/aromatic N) is 1. The van der Waals surface area contributed by atoms with Crippen LogP contribution in [-0.2, 0) is 0 Å². The smallest absolute Gasteiger partial charge is 0.275 e. The largest absolute Gasteiger partial charge is 0.496 e. The van der Waals surface area contributed by atoms with E-state index in [1.165, 1.54) is 19.2 Å². The first-order chi connectivity index (χ1) is 10.1. The molecule has 5 nitrogen and oxygen atoms in total. The van der Waals surface area contributed by atoms with Gasteiger partial charge >= 0.3 is 0 Å². The van der Waals surface area contributed by atoms with E-state index >= 15 is 0 Å². The zero-order valence-electron chi connectivity index (χ0n) is 12.1. The van der Waals surface area contributed by atoms with Crippen LogP contribution in [0.4, 0.5) is 11.4 Å². The fourth-order valence-corrected chi connectivity index (χ4v) is 2.20. The second kappa shape index (κ2) is 6.74. The third-order valence-electron chi connectivity index (χ3n) is 3.29. The van der Waals surface area contributed by atoms with Gasteiger partial charge in [0.25, 0.3) is 5.69 Å². The number of hydrogen-bond acceptors (Lipinski definition) is 4. The molecule has 1 atom stereocenters. The minimum Gasteiger partial charge on any atom is -0.496 e. The fraction of sp³-hybridized carbons (Fsp3) is 0.250. The van der Waals surface area contributed by atoms with E-state index in [2.05, 4.69) is 12.2 Å². The molecule has 0 saturated carbocycles. The van der Waals surface area contributed by atoms with E-state index in [0.717, 1.165) is 12.0 Å². The summed E-state index contributed by atoms with van der Waals surface area (Å²) in [6, 6.07) is 14.8. The maximum absolute atomic E-state index is 11.0. The van der Waals surface area contributed by atoms with Crippen LogP contribution < -0.4 is 10.1 Å². The molecule has 0 fully saturated rings. The number of ether oxygens (including phenoxy) is 1. The lowest BCUT2D eigenvalue weighted by Crippen LogP contribution is -2.09. The van der Waals surface area contributed by atoms with Crippen molar-refractivity contribution in [3.8, 4) is 5.75 Å². The highest BCUT2D eigenvalue weighted by molar-refractivity contribution is 5.57. The molecule has 1 unspecified atom stereocenters. The van der Waals surface area contributed by atoms with Crippen molar-refractivity contribution in [2.75, 3.05) is 12.4 Å². The van der Waals surface area contributed by atoms with E-state index in [9.17, 15) is 10.1 Å².